The summed E-state index contributed by atoms with van der Waals surface area (Å²) in [4.78, 5) is 17.4. The van der Waals surface area contributed by atoms with E-state index in [4.69, 9.17) is 14.5 Å². The quantitative estimate of drug-likeness (QED) is 0.310. The largest absolute Gasteiger partial charge is 0.493 e. The number of carboxylic acids is 1. The van der Waals surface area contributed by atoms with Crippen molar-refractivity contribution in [1.82, 2.24) is 4.98 Å². The van der Waals surface area contributed by atoms with Gasteiger partial charge in [0.1, 0.15) is 11.6 Å². The van der Waals surface area contributed by atoms with Gasteiger partial charge in [-0.25, -0.2) is 9.18 Å². The second-order valence-corrected chi connectivity index (χ2v) is 10.7. The van der Waals surface area contributed by atoms with Gasteiger partial charge in [0.25, 0.3) is 0 Å². The van der Waals surface area contributed by atoms with Gasteiger partial charge in [0, 0.05) is 34.7 Å². The molecule has 1 aliphatic heterocycles. The van der Waals surface area contributed by atoms with Gasteiger partial charge in [-0.1, -0.05) is 12.6 Å². The van der Waals surface area contributed by atoms with E-state index < -0.39 is 23.5 Å². The van der Waals surface area contributed by atoms with Gasteiger partial charge in [-0.15, -0.1) is 0 Å². The minimum Gasteiger partial charge on any atom is -0.493 e. The van der Waals surface area contributed by atoms with Crippen LogP contribution >= 0.6 is 0 Å². The lowest BCUT2D eigenvalue weighted by molar-refractivity contribution is -0.160. The van der Waals surface area contributed by atoms with Crippen molar-refractivity contribution in [1.29, 1.82) is 0 Å². The van der Waals surface area contributed by atoms with Crippen molar-refractivity contribution in [3.63, 3.8) is 0 Å². The maximum atomic E-state index is 15.4. The molecule has 0 unspecified atom stereocenters. The van der Waals surface area contributed by atoms with Gasteiger partial charge in [0.2, 0.25) is 0 Å². The third kappa shape index (κ3) is 4.36. The molecule has 0 fully saturated rings. The lowest BCUT2D eigenvalue weighted by Crippen LogP contribution is -2.28. The Morgan fingerprint density at radius 2 is 1.97 bits per heavy atom. The summed E-state index contributed by atoms with van der Waals surface area (Å²) in [5.41, 5.74) is 4.63. The Morgan fingerprint density at radius 1 is 1.22 bits per heavy atom. The highest BCUT2D eigenvalue weighted by atomic mass is 19.1. The highest BCUT2D eigenvalue weighted by Crippen LogP contribution is 2.45. The molecule has 5 nitrogen and oxygen atoms in total. The van der Waals surface area contributed by atoms with E-state index >= 15 is 4.39 Å². The van der Waals surface area contributed by atoms with Crippen molar-refractivity contribution in [2.45, 2.75) is 52.7 Å². The Balaban J connectivity index is 1.95. The second-order valence-electron chi connectivity index (χ2n) is 10.7. The van der Waals surface area contributed by atoms with E-state index in [0.29, 0.717) is 45.3 Å². The van der Waals surface area contributed by atoms with Crippen LogP contribution in [0.4, 0.5) is 4.39 Å². The Bertz CT molecular complexity index is 1590. The smallest absolute Gasteiger partial charge is 0.337 e. The van der Waals surface area contributed by atoms with Crippen LogP contribution in [0, 0.1) is 12.7 Å². The van der Waals surface area contributed by atoms with E-state index in [2.05, 4.69) is 6.58 Å². The monoisotopic (exact) mass is 499 g/mol. The summed E-state index contributed by atoms with van der Waals surface area (Å²) in [6.45, 7) is 13.6. The van der Waals surface area contributed by atoms with E-state index in [0.717, 1.165) is 34.1 Å². The van der Waals surface area contributed by atoms with Crippen LogP contribution in [0.15, 0.2) is 49.2 Å². The summed E-state index contributed by atoms with van der Waals surface area (Å²) in [6.07, 6.45) is 1.23. The van der Waals surface area contributed by atoms with Gasteiger partial charge >= 0.3 is 5.97 Å². The number of carboxylic acid groups (broad SMARTS) is 1. The van der Waals surface area contributed by atoms with Gasteiger partial charge in [-0.3, -0.25) is 4.98 Å². The number of fused-ring (bicyclic) bond motifs is 1. The van der Waals surface area contributed by atoms with Crippen LogP contribution in [0.5, 0.6) is 5.75 Å². The number of halogens is 1. The van der Waals surface area contributed by atoms with Gasteiger partial charge < -0.3 is 14.6 Å². The summed E-state index contributed by atoms with van der Waals surface area (Å²) in [5, 5.41) is 12.6. The number of nitrogens with zero attached hydrogens (tertiary/aromatic N) is 1. The summed E-state index contributed by atoms with van der Waals surface area (Å²) < 4.78 is 27.4. The minimum absolute atomic E-state index is 0.418. The highest BCUT2D eigenvalue weighted by Gasteiger charge is 2.33. The molecule has 1 atom stereocenters. The zero-order chi connectivity index (χ0) is 26.6. The molecule has 1 aliphatic rings. The first-order valence-electron chi connectivity index (χ1n) is 12.3. The van der Waals surface area contributed by atoms with Gasteiger partial charge in [0.05, 0.1) is 17.7 Å². The summed E-state index contributed by atoms with van der Waals surface area (Å²) in [6, 6.07) is 10.9. The molecule has 0 bridgehead atoms. The third-order valence-electron chi connectivity index (χ3n) is 6.73. The topological polar surface area (TPSA) is 68.7 Å². The Kier molecular flexibility index (Phi) is 6.03. The molecule has 1 N–H and O–H groups in total. The minimum atomic E-state index is -1.27. The fraction of sp³-hybridized carbons (Fsp3) is 0.290. The number of rotatable bonds is 5. The molecular weight excluding hydrogens is 469 g/mol. The van der Waals surface area contributed by atoms with E-state index in [1.807, 2.05) is 52.0 Å². The van der Waals surface area contributed by atoms with Crippen LogP contribution in [0.25, 0.3) is 38.4 Å². The number of pyridine rings is 1. The Labute approximate surface area is 215 Å². The molecule has 3 aromatic carbocycles. The average molecular weight is 500 g/mol. The molecule has 6 heteroatoms. The number of aliphatic carboxylic acids is 1. The second kappa shape index (κ2) is 8.96. The third-order valence-corrected chi connectivity index (χ3v) is 6.73. The van der Waals surface area contributed by atoms with Crippen LogP contribution in [-0.2, 0) is 16.0 Å². The maximum Gasteiger partial charge on any atom is 0.337 e. The number of aryl methyl sites for hydroxylation is 1. The van der Waals surface area contributed by atoms with Crippen LogP contribution in [-0.4, -0.2) is 28.3 Å². The standard InChI is InChI=1S/C31H30FNO4/c1-16(2)21-14-19-13-17(3)25(29(30(34)35)37-31(4,5)6)27(22(19)15-23(21)32)20-7-8-24-26-18(10-12-36-24)9-11-33-28(20)26/h7-9,11,13-15,29H,1,10,12H2,2-6H3,(H,34,35)/t29-/m0/s1. The van der Waals surface area contributed by atoms with Crippen molar-refractivity contribution in [2.75, 3.05) is 6.61 Å². The summed E-state index contributed by atoms with van der Waals surface area (Å²) in [7, 11) is 0. The molecule has 0 saturated heterocycles. The average Bonchev–Trinajstić information content (AvgIpc) is 2.82. The number of allylic oxidation sites excluding steroid dienone is 1. The van der Waals surface area contributed by atoms with Gasteiger partial charge in [-0.2, -0.15) is 0 Å². The molecule has 0 radical (unpaired) electrons. The van der Waals surface area contributed by atoms with Crippen molar-refractivity contribution >= 4 is 33.2 Å². The normalized spacial score (nSPS) is 14.0. The zero-order valence-corrected chi connectivity index (χ0v) is 21.7. The molecule has 0 amide bonds. The van der Waals surface area contributed by atoms with Crippen LogP contribution in [0.2, 0.25) is 0 Å². The van der Waals surface area contributed by atoms with Gasteiger partial charge in [-0.05, 0) is 98.0 Å². The van der Waals surface area contributed by atoms with Crippen molar-refractivity contribution in [2.24, 2.45) is 0 Å². The number of carbonyl (C=O) groups is 1. The first-order valence-corrected chi connectivity index (χ1v) is 12.3. The van der Waals surface area contributed by atoms with Crippen LogP contribution in [0.1, 0.15) is 56.1 Å². The molecule has 37 heavy (non-hydrogen) atoms. The molecule has 190 valence electrons. The molecule has 1 aromatic heterocycles. The first-order chi connectivity index (χ1) is 17.5. The van der Waals surface area contributed by atoms with E-state index in [1.54, 1.807) is 19.2 Å². The lowest BCUT2D eigenvalue weighted by Gasteiger charge is -2.29. The molecule has 4 aromatic rings. The summed E-state index contributed by atoms with van der Waals surface area (Å²) >= 11 is 0. The van der Waals surface area contributed by atoms with E-state index in [9.17, 15) is 9.90 Å². The maximum absolute atomic E-state index is 15.4. The molecule has 2 heterocycles. The Hall–Kier alpha value is -3.77. The predicted molar refractivity (Wildman–Crippen MR) is 145 cm³/mol. The summed E-state index contributed by atoms with van der Waals surface area (Å²) in [5.74, 6) is -0.793. The van der Waals surface area contributed by atoms with E-state index in [-0.39, 0.29) is 0 Å². The molecule has 5 rings (SSSR count). The molecular formula is C31H30FNO4. The highest BCUT2D eigenvalue weighted by molar-refractivity contribution is 6.09. The molecule has 0 aliphatic carbocycles. The number of hydrogen-bond acceptors (Lipinski definition) is 4. The first kappa shape index (κ1) is 24.9. The number of aromatic nitrogens is 1. The SMILES string of the molecule is C=C(C)c1cc2cc(C)c([C@H](OC(C)(C)C)C(=O)O)c(-c3ccc4c5c(ccnc35)CCO4)c2cc1F. The van der Waals surface area contributed by atoms with Crippen LogP contribution in [0.3, 0.4) is 0 Å². The number of hydrogen-bond donors (Lipinski definition) is 1. The lowest BCUT2D eigenvalue weighted by atomic mass is 9.84. The van der Waals surface area contributed by atoms with Crippen molar-refractivity contribution < 1.29 is 23.8 Å². The van der Waals surface area contributed by atoms with Gasteiger partial charge in [0.15, 0.2) is 6.10 Å². The van der Waals surface area contributed by atoms with Crippen LogP contribution < -0.4 is 4.74 Å². The fourth-order valence-electron chi connectivity index (χ4n) is 5.22. The van der Waals surface area contributed by atoms with Crippen molar-refractivity contribution in [3.05, 3.63) is 77.2 Å². The molecule has 0 spiro atoms. The van der Waals surface area contributed by atoms with E-state index in [1.165, 1.54) is 6.07 Å². The predicted octanol–water partition coefficient (Wildman–Crippen LogP) is 7.41. The Morgan fingerprint density at radius 3 is 2.65 bits per heavy atom. The molecule has 0 saturated carbocycles. The zero-order valence-electron chi connectivity index (χ0n) is 21.7. The number of benzene rings is 3. The fourth-order valence-corrected chi connectivity index (χ4v) is 5.22. The van der Waals surface area contributed by atoms with Crippen molar-refractivity contribution in [3.8, 4) is 16.9 Å². The number of ether oxygens (including phenoxy) is 2.